The predicted molar refractivity (Wildman–Crippen MR) is 92.6 cm³/mol. The van der Waals surface area contributed by atoms with E-state index in [-0.39, 0.29) is 24.7 Å². The Balaban J connectivity index is 1.50. The van der Waals surface area contributed by atoms with Gasteiger partial charge in [-0.15, -0.1) is 0 Å². The molecule has 126 valence electrons. The number of para-hydroxylation sites is 1. The lowest BCUT2D eigenvalue weighted by Crippen LogP contribution is -2.15. The van der Waals surface area contributed by atoms with E-state index < -0.39 is 5.82 Å². The number of aromatic nitrogens is 2. The minimum absolute atomic E-state index is 0.0791. The number of ether oxygens (including phenoxy) is 1. The highest BCUT2D eigenvalue weighted by atomic mass is 19.1. The van der Waals surface area contributed by atoms with E-state index in [1.807, 2.05) is 30.3 Å². The van der Waals surface area contributed by atoms with Gasteiger partial charge in [-0.1, -0.05) is 42.5 Å². The zero-order chi connectivity index (χ0) is 17.5. The summed E-state index contributed by atoms with van der Waals surface area (Å²) in [4.78, 5) is 20.4. The molecule has 0 aliphatic heterocycles. The maximum atomic E-state index is 13.4. The lowest BCUT2D eigenvalue weighted by Gasteiger charge is -2.08. The molecule has 0 bridgehead atoms. The summed E-state index contributed by atoms with van der Waals surface area (Å²) in [6.45, 7) is 0.0791. The largest absolute Gasteiger partial charge is 0.490 e. The predicted octanol–water partition coefficient (Wildman–Crippen LogP) is 3.69. The third kappa shape index (κ3) is 4.60. The molecular weight excluding hydrogens is 321 g/mol. The fourth-order valence-electron chi connectivity index (χ4n) is 2.17. The van der Waals surface area contributed by atoms with Crippen molar-refractivity contribution in [3.8, 4) is 17.1 Å². The molecule has 0 saturated heterocycles. The highest BCUT2D eigenvalue weighted by Crippen LogP contribution is 2.16. The fourth-order valence-corrected chi connectivity index (χ4v) is 2.17. The Morgan fingerprint density at radius 3 is 2.40 bits per heavy atom. The summed E-state index contributed by atoms with van der Waals surface area (Å²) in [5.74, 6) is 0.00698. The highest BCUT2D eigenvalue weighted by Gasteiger charge is 2.07. The molecule has 1 aromatic heterocycles. The van der Waals surface area contributed by atoms with Crippen molar-refractivity contribution in [3.05, 3.63) is 72.8 Å². The monoisotopic (exact) mass is 337 g/mol. The first kappa shape index (κ1) is 16.6. The van der Waals surface area contributed by atoms with E-state index in [1.54, 1.807) is 24.5 Å². The van der Waals surface area contributed by atoms with Crippen LogP contribution >= 0.6 is 0 Å². The first-order valence-corrected chi connectivity index (χ1v) is 7.77. The Labute approximate surface area is 144 Å². The minimum Gasteiger partial charge on any atom is -0.490 e. The minimum atomic E-state index is -0.451. The summed E-state index contributed by atoms with van der Waals surface area (Å²) in [6, 6.07) is 15.6. The Kier molecular flexibility index (Phi) is 5.31. The first-order chi connectivity index (χ1) is 12.2. The van der Waals surface area contributed by atoms with Crippen molar-refractivity contribution in [2.24, 2.45) is 0 Å². The maximum Gasteiger partial charge on any atom is 0.227 e. The third-order valence-corrected chi connectivity index (χ3v) is 3.39. The average Bonchev–Trinajstić information content (AvgIpc) is 2.65. The number of amides is 1. The van der Waals surface area contributed by atoms with Crippen molar-refractivity contribution in [1.29, 1.82) is 0 Å². The molecule has 25 heavy (non-hydrogen) atoms. The molecule has 0 aliphatic rings. The van der Waals surface area contributed by atoms with Gasteiger partial charge in [-0.25, -0.2) is 14.4 Å². The molecule has 0 unspecified atom stereocenters. The van der Waals surface area contributed by atoms with Crippen molar-refractivity contribution >= 4 is 11.6 Å². The zero-order valence-electron chi connectivity index (χ0n) is 13.4. The molecule has 3 rings (SSSR count). The summed E-state index contributed by atoms with van der Waals surface area (Å²) in [7, 11) is 0. The molecule has 0 fully saturated rings. The average molecular weight is 337 g/mol. The maximum absolute atomic E-state index is 13.4. The van der Waals surface area contributed by atoms with Crippen molar-refractivity contribution in [2.75, 3.05) is 11.9 Å². The summed E-state index contributed by atoms with van der Waals surface area (Å²) in [5.41, 5.74) is 1.40. The quantitative estimate of drug-likeness (QED) is 0.745. The molecule has 2 aromatic carbocycles. The second-order valence-electron chi connectivity index (χ2n) is 5.24. The van der Waals surface area contributed by atoms with Crippen molar-refractivity contribution < 1.29 is 13.9 Å². The Bertz CT molecular complexity index is 839. The van der Waals surface area contributed by atoms with E-state index in [0.717, 1.165) is 5.56 Å². The lowest BCUT2D eigenvalue weighted by atomic mass is 10.2. The van der Waals surface area contributed by atoms with E-state index in [9.17, 15) is 9.18 Å². The number of carbonyl (C=O) groups excluding carboxylic acids is 1. The smallest absolute Gasteiger partial charge is 0.227 e. The first-order valence-electron chi connectivity index (χ1n) is 7.77. The second-order valence-corrected chi connectivity index (χ2v) is 5.24. The Hall–Kier alpha value is -3.28. The van der Waals surface area contributed by atoms with Crippen LogP contribution in [0.15, 0.2) is 67.0 Å². The van der Waals surface area contributed by atoms with Gasteiger partial charge in [0.25, 0.3) is 0 Å². The van der Waals surface area contributed by atoms with Gasteiger partial charge in [-0.2, -0.15) is 0 Å². The van der Waals surface area contributed by atoms with Crippen LogP contribution < -0.4 is 10.1 Å². The second kappa shape index (κ2) is 8.01. The molecular formula is C19H16FN3O2. The van der Waals surface area contributed by atoms with Gasteiger partial charge in [-0.05, 0) is 12.1 Å². The van der Waals surface area contributed by atoms with Gasteiger partial charge in [-0.3, -0.25) is 4.79 Å². The van der Waals surface area contributed by atoms with Crippen LogP contribution in [0.5, 0.6) is 5.75 Å². The fraction of sp³-hybridized carbons (Fsp3) is 0.105. The van der Waals surface area contributed by atoms with Crippen LogP contribution in [0.2, 0.25) is 0 Å². The van der Waals surface area contributed by atoms with E-state index in [2.05, 4.69) is 15.3 Å². The summed E-state index contributed by atoms with van der Waals surface area (Å²) in [6.07, 6.45) is 3.19. The topological polar surface area (TPSA) is 64.1 Å². The van der Waals surface area contributed by atoms with Crippen LogP contribution in [0, 0.1) is 5.82 Å². The SMILES string of the molecule is O=C(CCOc1ccccc1F)Nc1cnc(-c2ccccc2)nc1. The van der Waals surface area contributed by atoms with Crippen LogP contribution in [-0.4, -0.2) is 22.5 Å². The summed E-state index contributed by atoms with van der Waals surface area (Å²) >= 11 is 0. The Morgan fingerprint density at radius 1 is 1.00 bits per heavy atom. The van der Waals surface area contributed by atoms with E-state index in [0.29, 0.717) is 11.5 Å². The molecule has 0 aliphatic carbocycles. The lowest BCUT2D eigenvalue weighted by molar-refractivity contribution is -0.116. The van der Waals surface area contributed by atoms with Gasteiger partial charge < -0.3 is 10.1 Å². The third-order valence-electron chi connectivity index (χ3n) is 3.39. The van der Waals surface area contributed by atoms with Crippen LogP contribution in [0.25, 0.3) is 11.4 Å². The molecule has 1 amide bonds. The molecule has 0 saturated carbocycles. The van der Waals surface area contributed by atoms with Crippen LogP contribution in [-0.2, 0) is 4.79 Å². The van der Waals surface area contributed by atoms with Gasteiger partial charge >= 0.3 is 0 Å². The molecule has 1 N–H and O–H groups in total. The Morgan fingerprint density at radius 2 is 1.68 bits per heavy atom. The van der Waals surface area contributed by atoms with Crippen molar-refractivity contribution in [3.63, 3.8) is 0 Å². The number of rotatable bonds is 6. The molecule has 0 atom stereocenters. The van der Waals surface area contributed by atoms with Gasteiger partial charge in [0.05, 0.1) is 31.1 Å². The summed E-state index contributed by atoms with van der Waals surface area (Å²) < 4.78 is 18.7. The number of nitrogens with zero attached hydrogens (tertiary/aromatic N) is 2. The normalized spacial score (nSPS) is 10.3. The molecule has 6 heteroatoms. The zero-order valence-corrected chi connectivity index (χ0v) is 13.4. The van der Waals surface area contributed by atoms with Gasteiger partial charge in [0, 0.05) is 5.56 Å². The van der Waals surface area contributed by atoms with Gasteiger partial charge in [0.1, 0.15) is 0 Å². The van der Waals surface area contributed by atoms with Crippen molar-refractivity contribution in [1.82, 2.24) is 9.97 Å². The number of hydrogen-bond donors (Lipinski definition) is 1. The van der Waals surface area contributed by atoms with Crippen LogP contribution in [0.1, 0.15) is 6.42 Å². The number of anilines is 1. The number of halogens is 1. The number of hydrogen-bond acceptors (Lipinski definition) is 4. The van der Waals surface area contributed by atoms with Gasteiger partial charge in [0.15, 0.2) is 17.4 Å². The number of nitrogens with one attached hydrogen (secondary N) is 1. The standard InChI is InChI=1S/C19H16FN3O2/c20-16-8-4-5-9-17(16)25-11-10-18(24)23-15-12-21-19(22-13-15)14-6-2-1-3-7-14/h1-9,12-13H,10-11H2,(H,23,24). The van der Waals surface area contributed by atoms with Crippen molar-refractivity contribution in [2.45, 2.75) is 6.42 Å². The molecule has 3 aromatic rings. The molecule has 0 spiro atoms. The van der Waals surface area contributed by atoms with E-state index in [4.69, 9.17) is 4.74 Å². The highest BCUT2D eigenvalue weighted by molar-refractivity contribution is 5.90. The molecule has 1 heterocycles. The molecule has 5 nitrogen and oxygen atoms in total. The van der Waals surface area contributed by atoms with E-state index in [1.165, 1.54) is 12.1 Å². The van der Waals surface area contributed by atoms with E-state index >= 15 is 0 Å². The summed E-state index contributed by atoms with van der Waals surface area (Å²) in [5, 5.41) is 2.68. The number of benzene rings is 2. The number of carbonyl (C=O) groups is 1. The van der Waals surface area contributed by atoms with Crippen LogP contribution in [0.3, 0.4) is 0 Å². The molecule has 0 radical (unpaired) electrons. The van der Waals surface area contributed by atoms with Crippen LogP contribution in [0.4, 0.5) is 10.1 Å². The van der Waals surface area contributed by atoms with Gasteiger partial charge in [0.2, 0.25) is 5.91 Å².